The zero-order chi connectivity index (χ0) is 13.5. The van der Waals surface area contributed by atoms with Gasteiger partial charge in [-0.15, -0.1) is 12.4 Å². The molecule has 2 bridgehead atoms. The van der Waals surface area contributed by atoms with Gasteiger partial charge in [0.2, 0.25) is 0 Å². The van der Waals surface area contributed by atoms with E-state index in [0.717, 1.165) is 41.8 Å². The van der Waals surface area contributed by atoms with E-state index in [1.807, 2.05) is 6.07 Å². The lowest BCUT2D eigenvalue weighted by atomic mass is 9.79. The normalized spacial score (nSPS) is 36.5. The van der Waals surface area contributed by atoms with Gasteiger partial charge in [0.15, 0.2) is 0 Å². The fourth-order valence-corrected chi connectivity index (χ4v) is 5.39. The van der Waals surface area contributed by atoms with Crippen molar-refractivity contribution in [2.45, 2.75) is 51.3 Å². The van der Waals surface area contributed by atoms with Crippen LogP contribution in [0, 0.1) is 23.7 Å². The van der Waals surface area contributed by atoms with E-state index in [0.29, 0.717) is 0 Å². The maximum Gasteiger partial charge on any atom is 0.0681 e. The van der Waals surface area contributed by atoms with Crippen LogP contribution in [0.4, 0.5) is 0 Å². The van der Waals surface area contributed by atoms with Gasteiger partial charge in [-0.3, -0.25) is 0 Å². The van der Waals surface area contributed by atoms with E-state index < -0.39 is 0 Å². The highest BCUT2D eigenvalue weighted by molar-refractivity contribution is 5.85. The van der Waals surface area contributed by atoms with Crippen LogP contribution in [0.2, 0.25) is 0 Å². The van der Waals surface area contributed by atoms with E-state index in [1.54, 1.807) is 0 Å². The van der Waals surface area contributed by atoms with E-state index >= 15 is 0 Å². The van der Waals surface area contributed by atoms with Crippen LogP contribution in [0.5, 0.6) is 0 Å². The Hall–Kier alpha value is -0.570. The second-order valence-electron chi connectivity index (χ2n) is 7.12. The van der Waals surface area contributed by atoms with Crippen molar-refractivity contribution in [2.24, 2.45) is 23.7 Å². The predicted octanol–water partition coefficient (Wildman–Crippen LogP) is 3.52. The first kappa shape index (κ1) is 15.3. The lowest BCUT2D eigenvalue weighted by Crippen LogP contribution is -2.38. The maximum absolute atomic E-state index is 9.21. The second kappa shape index (κ2) is 6.28. The standard InChI is InChI=1S/C18H25NO.ClH/c20-11-13-4-1-3-12(7-13)10-19-18-9-14-8-17(18)16-6-2-5-15(14)16;/h1,3-4,7,14-20H,2,5-6,8-11H2;1H. The molecule has 1 aromatic carbocycles. The molecule has 3 aliphatic rings. The summed E-state index contributed by atoms with van der Waals surface area (Å²) in [7, 11) is 0. The fourth-order valence-electron chi connectivity index (χ4n) is 5.39. The molecule has 0 radical (unpaired) electrons. The molecule has 5 atom stereocenters. The highest BCUT2D eigenvalue weighted by atomic mass is 35.5. The molecule has 116 valence electrons. The first-order valence-electron chi connectivity index (χ1n) is 8.27. The number of fused-ring (bicyclic) bond motifs is 5. The van der Waals surface area contributed by atoms with Gasteiger partial charge in [-0.25, -0.2) is 0 Å². The first-order valence-corrected chi connectivity index (χ1v) is 8.27. The molecule has 3 aliphatic carbocycles. The summed E-state index contributed by atoms with van der Waals surface area (Å²) in [5.74, 6) is 4.09. The summed E-state index contributed by atoms with van der Waals surface area (Å²) >= 11 is 0. The number of rotatable bonds is 4. The van der Waals surface area contributed by atoms with Gasteiger partial charge in [0.05, 0.1) is 6.61 Å². The summed E-state index contributed by atoms with van der Waals surface area (Å²) in [6, 6.07) is 9.08. The van der Waals surface area contributed by atoms with Crippen molar-refractivity contribution >= 4 is 12.4 Å². The molecular formula is C18H26ClNO. The molecule has 0 aromatic heterocycles. The van der Waals surface area contributed by atoms with Gasteiger partial charge in [-0.05, 0) is 60.5 Å². The first-order chi connectivity index (χ1) is 9.85. The van der Waals surface area contributed by atoms with Crippen molar-refractivity contribution in [1.82, 2.24) is 5.32 Å². The Labute approximate surface area is 133 Å². The average Bonchev–Trinajstić information content (AvgIpc) is 3.17. The van der Waals surface area contributed by atoms with Crippen molar-refractivity contribution in [3.63, 3.8) is 0 Å². The van der Waals surface area contributed by atoms with Crippen LogP contribution in [-0.2, 0) is 13.2 Å². The highest BCUT2D eigenvalue weighted by Gasteiger charge is 2.53. The van der Waals surface area contributed by atoms with Gasteiger partial charge < -0.3 is 10.4 Å². The minimum absolute atomic E-state index is 0. The van der Waals surface area contributed by atoms with Crippen LogP contribution < -0.4 is 5.32 Å². The Balaban J connectivity index is 0.00000132. The molecule has 0 saturated heterocycles. The molecular weight excluding hydrogens is 282 g/mol. The smallest absolute Gasteiger partial charge is 0.0681 e. The van der Waals surface area contributed by atoms with Crippen LogP contribution in [0.3, 0.4) is 0 Å². The lowest BCUT2D eigenvalue weighted by Gasteiger charge is -2.32. The van der Waals surface area contributed by atoms with Crippen molar-refractivity contribution < 1.29 is 5.11 Å². The van der Waals surface area contributed by atoms with Gasteiger partial charge >= 0.3 is 0 Å². The molecule has 5 unspecified atom stereocenters. The molecule has 21 heavy (non-hydrogen) atoms. The third-order valence-electron chi connectivity index (χ3n) is 6.17. The minimum Gasteiger partial charge on any atom is -0.392 e. The Morgan fingerprint density at radius 3 is 2.71 bits per heavy atom. The molecule has 2 N–H and O–H groups in total. The van der Waals surface area contributed by atoms with E-state index in [9.17, 15) is 5.11 Å². The van der Waals surface area contributed by atoms with Crippen molar-refractivity contribution in [2.75, 3.05) is 0 Å². The van der Waals surface area contributed by atoms with Crippen LogP contribution in [-0.4, -0.2) is 11.1 Å². The maximum atomic E-state index is 9.21. The van der Waals surface area contributed by atoms with Crippen LogP contribution in [0.15, 0.2) is 24.3 Å². The van der Waals surface area contributed by atoms with E-state index in [4.69, 9.17) is 0 Å². The molecule has 0 amide bonds. The topological polar surface area (TPSA) is 32.3 Å². The summed E-state index contributed by atoms with van der Waals surface area (Å²) in [5, 5.41) is 13.0. The number of nitrogens with one attached hydrogen (secondary N) is 1. The quantitative estimate of drug-likeness (QED) is 0.892. The van der Waals surface area contributed by atoms with Gasteiger partial charge in [-0.2, -0.15) is 0 Å². The van der Waals surface area contributed by atoms with Crippen LogP contribution >= 0.6 is 12.4 Å². The van der Waals surface area contributed by atoms with Gasteiger partial charge in [0, 0.05) is 12.6 Å². The Kier molecular flexibility index (Phi) is 4.58. The zero-order valence-electron chi connectivity index (χ0n) is 12.5. The van der Waals surface area contributed by atoms with Crippen LogP contribution in [0.1, 0.15) is 43.2 Å². The van der Waals surface area contributed by atoms with Crippen molar-refractivity contribution in [3.8, 4) is 0 Å². The van der Waals surface area contributed by atoms with Gasteiger partial charge in [-0.1, -0.05) is 30.7 Å². The monoisotopic (exact) mass is 307 g/mol. The molecule has 0 heterocycles. The molecule has 0 aliphatic heterocycles. The van der Waals surface area contributed by atoms with E-state index in [1.165, 1.54) is 37.7 Å². The third kappa shape index (κ3) is 2.74. The number of hydrogen-bond acceptors (Lipinski definition) is 2. The Morgan fingerprint density at radius 1 is 1.05 bits per heavy atom. The molecule has 4 rings (SSSR count). The number of halogens is 1. The molecule has 3 saturated carbocycles. The summed E-state index contributed by atoms with van der Waals surface area (Å²) in [6.45, 7) is 1.10. The summed E-state index contributed by atoms with van der Waals surface area (Å²) in [4.78, 5) is 0. The van der Waals surface area contributed by atoms with Gasteiger partial charge in [0.25, 0.3) is 0 Å². The highest BCUT2D eigenvalue weighted by Crippen LogP contribution is 2.58. The molecule has 1 aromatic rings. The zero-order valence-corrected chi connectivity index (χ0v) is 13.3. The Bertz CT molecular complexity index is 492. The Morgan fingerprint density at radius 2 is 1.86 bits per heavy atom. The fraction of sp³-hybridized carbons (Fsp3) is 0.667. The summed E-state index contributed by atoms with van der Waals surface area (Å²) < 4.78 is 0. The average molecular weight is 308 g/mol. The molecule has 0 spiro atoms. The number of hydrogen-bond donors (Lipinski definition) is 2. The van der Waals surface area contributed by atoms with Crippen LogP contribution in [0.25, 0.3) is 0 Å². The lowest BCUT2D eigenvalue weighted by molar-refractivity contribution is 0.208. The number of benzene rings is 1. The number of aliphatic hydroxyl groups excluding tert-OH is 1. The van der Waals surface area contributed by atoms with E-state index in [2.05, 4.69) is 23.5 Å². The largest absolute Gasteiger partial charge is 0.392 e. The SMILES string of the molecule is Cl.OCc1cccc(CNC2CC3CC2C2CCCC32)c1. The number of aliphatic hydroxyl groups is 1. The van der Waals surface area contributed by atoms with Gasteiger partial charge in [0.1, 0.15) is 0 Å². The molecule has 3 heteroatoms. The summed E-state index contributed by atoms with van der Waals surface area (Å²) in [5.41, 5.74) is 2.33. The molecule has 3 fully saturated rings. The van der Waals surface area contributed by atoms with Crippen molar-refractivity contribution in [3.05, 3.63) is 35.4 Å². The minimum atomic E-state index is 0. The third-order valence-corrected chi connectivity index (χ3v) is 6.17. The summed E-state index contributed by atoms with van der Waals surface area (Å²) in [6.07, 6.45) is 7.38. The molecule has 2 nitrogen and oxygen atoms in total. The second-order valence-corrected chi connectivity index (χ2v) is 7.12. The van der Waals surface area contributed by atoms with E-state index in [-0.39, 0.29) is 19.0 Å². The van der Waals surface area contributed by atoms with Crippen molar-refractivity contribution in [1.29, 1.82) is 0 Å². The predicted molar refractivity (Wildman–Crippen MR) is 87.3 cm³/mol.